The van der Waals surface area contributed by atoms with Gasteiger partial charge >= 0.3 is 6.18 Å². The monoisotopic (exact) mass is 337 g/mol. The molecule has 0 bridgehead atoms. The lowest BCUT2D eigenvalue weighted by Gasteiger charge is -2.35. The average molecular weight is 338 g/mol. The van der Waals surface area contributed by atoms with E-state index in [0.29, 0.717) is 31.9 Å². The van der Waals surface area contributed by atoms with Crippen LogP contribution in [0.15, 0.2) is 22.8 Å². The van der Waals surface area contributed by atoms with Gasteiger partial charge in [-0.1, -0.05) is 0 Å². The highest BCUT2D eigenvalue weighted by molar-refractivity contribution is 9.10. The molecule has 0 spiro atoms. The maximum atomic E-state index is 12.7. The molecule has 1 saturated heterocycles. The van der Waals surface area contributed by atoms with E-state index in [1.807, 2.05) is 4.90 Å². The number of nitrogens with zero attached hydrogens (tertiary/aromatic N) is 2. The van der Waals surface area contributed by atoms with Crippen molar-refractivity contribution < 1.29 is 13.2 Å². The molecule has 1 fully saturated rings. The highest BCUT2D eigenvalue weighted by atomic mass is 79.9. The molecule has 0 saturated carbocycles. The zero-order chi connectivity index (χ0) is 13.9. The second kappa shape index (κ2) is 6.19. The summed E-state index contributed by atoms with van der Waals surface area (Å²) in [5, 5.41) is 3.14. The van der Waals surface area contributed by atoms with Crippen LogP contribution in [-0.4, -0.2) is 42.2 Å². The molecule has 0 aliphatic carbocycles. The molecule has 2 rings (SSSR count). The maximum absolute atomic E-state index is 12.7. The van der Waals surface area contributed by atoms with Crippen molar-refractivity contribution >= 4 is 15.9 Å². The van der Waals surface area contributed by atoms with Crippen LogP contribution < -0.4 is 5.32 Å². The van der Waals surface area contributed by atoms with Gasteiger partial charge in [0.1, 0.15) is 0 Å². The molecule has 1 aliphatic rings. The van der Waals surface area contributed by atoms with Gasteiger partial charge in [-0.3, -0.25) is 9.88 Å². The van der Waals surface area contributed by atoms with E-state index in [9.17, 15) is 13.2 Å². The smallest absolute Gasteiger partial charge is 0.314 e. The fraction of sp³-hybridized carbons (Fsp3) is 0.583. The Hall–Kier alpha value is -0.660. The summed E-state index contributed by atoms with van der Waals surface area (Å²) in [6, 6.07) is 2.69. The first kappa shape index (κ1) is 14.7. The zero-order valence-corrected chi connectivity index (χ0v) is 11.8. The Morgan fingerprint density at radius 2 is 2.00 bits per heavy atom. The van der Waals surface area contributed by atoms with Crippen molar-refractivity contribution in [3.8, 4) is 0 Å². The number of aromatic nitrogens is 1. The van der Waals surface area contributed by atoms with Gasteiger partial charge in [-0.05, 0) is 28.1 Å². The number of rotatable bonds is 3. The van der Waals surface area contributed by atoms with Crippen LogP contribution in [0.3, 0.4) is 0 Å². The van der Waals surface area contributed by atoms with Crippen LogP contribution in [0.1, 0.15) is 18.2 Å². The first-order valence-electron chi connectivity index (χ1n) is 6.09. The molecule has 7 heteroatoms. The molecule has 1 aliphatic heterocycles. The van der Waals surface area contributed by atoms with Crippen LogP contribution in [0.2, 0.25) is 0 Å². The molecular weight excluding hydrogens is 323 g/mol. The third kappa shape index (κ3) is 4.43. The molecule has 0 unspecified atom stereocenters. The molecular formula is C12H15BrF3N3. The summed E-state index contributed by atoms with van der Waals surface area (Å²) in [6.45, 7) is 2.65. The summed E-state index contributed by atoms with van der Waals surface area (Å²) in [5.74, 6) is 0. The second-order valence-corrected chi connectivity index (χ2v) is 5.44. The first-order valence-corrected chi connectivity index (χ1v) is 6.88. The van der Waals surface area contributed by atoms with Gasteiger partial charge in [-0.15, -0.1) is 0 Å². The Kier molecular flexibility index (Phi) is 4.81. The van der Waals surface area contributed by atoms with E-state index >= 15 is 0 Å². The van der Waals surface area contributed by atoms with Gasteiger partial charge in [0.05, 0.1) is 18.2 Å². The summed E-state index contributed by atoms with van der Waals surface area (Å²) in [5.41, 5.74) is 0.474. The standard InChI is InChI=1S/C12H15BrF3N3/c13-9-1-2-10(18-8-9)11(7-12(14,15)16)19-5-3-17-4-6-19/h1-2,8,11,17H,3-7H2/t11-/m0/s1. The molecule has 1 aromatic heterocycles. The highest BCUT2D eigenvalue weighted by Gasteiger charge is 2.36. The molecule has 106 valence electrons. The predicted molar refractivity (Wildman–Crippen MR) is 69.8 cm³/mol. The van der Waals surface area contributed by atoms with Crippen LogP contribution >= 0.6 is 15.9 Å². The molecule has 1 aromatic rings. The lowest BCUT2D eigenvalue weighted by molar-refractivity contribution is -0.149. The van der Waals surface area contributed by atoms with Crippen LogP contribution in [-0.2, 0) is 0 Å². The molecule has 1 atom stereocenters. The topological polar surface area (TPSA) is 28.2 Å². The minimum Gasteiger partial charge on any atom is -0.314 e. The minimum absolute atomic E-state index is 0.474. The number of hydrogen-bond acceptors (Lipinski definition) is 3. The van der Waals surface area contributed by atoms with Gasteiger partial charge in [-0.25, -0.2) is 0 Å². The normalized spacial score (nSPS) is 19.4. The SMILES string of the molecule is FC(F)(F)C[C@@H](c1ccc(Br)cn1)N1CCNCC1. The fourth-order valence-electron chi connectivity index (χ4n) is 2.22. The van der Waals surface area contributed by atoms with Crippen molar-refractivity contribution in [2.75, 3.05) is 26.2 Å². The van der Waals surface area contributed by atoms with Crippen molar-refractivity contribution in [2.45, 2.75) is 18.6 Å². The Morgan fingerprint density at radius 3 is 2.53 bits per heavy atom. The van der Waals surface area contributed by atoms with E-state index in [1.54, 1.807) is 18.3 Å². The number of hydrogen-bond donors (Lipinski definition) is 1. The van der Waals surface area contributed by atoms with Crippen LogP contribution in [0.5, 0.6) is 0 Å². The van der Waals surface area contributed by atoms with Gasteiger partial charge in [0.25, 0.3) is 0 Å². The predicted octanol–water partition coefficient (Wildman–Crippen LogP) is 2.74. The lowest BCUT2D eigenvalue weighted by atomic mass is 10.1. The van der Waals surface area contributed by atoms with Crippen molar-refractivity contribution in [1.29, 1.82) is 0 Å². The van der Waals surface area contributed by atoms with Crippen molar-refractivity contribution in [1.82, 2.24) is 15.2 Å². The van der Waals surface area contributed by atoms with Gasteiger partial charge in [0.2, 0.25) is 0 Å². The van der Waals surface area contributed by atoms with Crippen molar-refractivity contribution in [2.24, 2.45) is 0 Å². The Bertz CT molecular complexity index is 402. The van der Waals surface area contributed by atoms with Crippen molar-refractivity contribution in [3.63, 3.8) is 0 Å². The summed E-state index contributed by atoms with van der Waals surface area (Å²) in [7, 11) is 0. The highest BCUT2D eigenvalue weighted by Crippen LogP contribution is 2.33. The van der Waals surface area contributed by atoms with Crippen LogP contribution in [0, 0.1) is 0 Å². The van der Waals surface area contributed by atoms with Gasteiger partial charge in [0.15, 0.2) is 0 Å². The largest absolute Gasteiger partial charge is 0.391 e. The maximum Gasteiger partial charge on any atom is 0.391 e. The Balaban J connectivity index is 2.19. The van der Waals surface area contributed by atoms with E-state index in [2.05, 4.69) is 26.2 Å². The fourth-order valence-corrected chi connectivity index (χ4v) is 2.45. The van der Waals surface area contributed by atoms with Gasteiger partial charge in [0, 0.05) is 36.8 Å². The Labute approximate surface area is 118 Å². The van der Waals surface area contributed by atoms with Crippen LogP contribution in [0.4, 0.5) is 13.2 Å². The molecule has 1 N–H and O–H groups in total. The number of pyridine rings is 1. The molecule has 0 amide bonds. The van der Waals surface area contributed by atoms with E-state index in [4.69, 9.17) is 0 Å². The zero-order valence-electron chi connectivity index (χ0n) is 10.3. The number of nitrogens with one attached hydrogen (secondary N) is 1. The van der Waals surface area contributed by atoms with E-state index in [0.717, 1.165) is 4.47 Å². The van der Waals surface area contributed by atoms with E-state index in [-0.39, 0.29) is 0 Å². The number of piperazine rings is 1. The lowest BCUT2D eigenvalue weighted by Crippen LogP contribution is -2.46. The molecule has 3 nitrogen and oxygen atoms in total. The third-order valence-electron chi connectivity index (χ3n) is 3.11. The van der Waals surface area contributed by atoms with Crippen LogP contribution in [0.25, 0.3) is 0 Å². The summed E-state index contributed by atoms with van der Waals surface area (Å²) in [6.07, 6.45) is -3.51. The summed E-state index contributed by atoms with van der Waals surface area (Å²) < 4.78 is 39.0. The molecule has 19 heavy (non-hydrogen) atoms. The minimum atomic E-state index is -4.19. The quantitative estimate of drug-likeness (QED) is 0.919. The molecule has 0 aromatic carbocycles. The molecule has 0 radical (unpaired) electrons. The average Bonchev–Trinajstić information content (AvgIpc) is 2.37. The van der Waals surface area contributed by atoms with Crippen molar-refractivity contribution in [3.05, 3.63) is 28.5 Å². The summed E-state index contributed by atoms with van der Waals surface area (Å²) >= 11 is 3.24. The summed E-state index contributed by atoms with van der Waals surface area (Å²) in [4.78, 5) is 5.98. The number of alkyl halides is 3. The van der Waals surface area contributed by atoms with Gasteiger partial charge < -0.3 is 5.32 Å². The first-order chi connectivity index (χ1) is 8.96. The van der Waals surface area contributed by atoms with E-state index in [1.165, 1.54) is 0 Å². The third-order valence-corrected chi connectivity index (χ3v) is 3.58. The Morgan fingerprint density at radius 1 is 1.32 bits per heavy atom. The van der Waals surface area contributed by atoms with E-state index < -0.39 is 18.6 Å². The van der Waals surface area contributed by atoms with Gasteiger partial charge in [-0.2, -0.15) is 13.2 Å². The second-order valence-electron chi connectivity index (χ2n) is 4.52. The number of halogens is 4. The molecule has 2 heterocycles.